The number of carbonyl (C=O) groups is 1. The van der Waals surface area contributed by atoms with Crippen molar-refractivity contribution in [2.24, 2.45) is 5.73 Å². The monoisotopic (exact) mass is 514 g/mol. The Morgan fingerprint density at radius 1 is 1.16 bits per heavy atom. The van der Waals surface area contributed by atoms with Gasteiger partial charge < -0.3 is 24.3 Å². The van der Waals surface area contributed by atoms with Crippen LogP contribution in [0.3, 0.4) is 0 Å². The van der Waals surface area contributed by atoms with Crippen LogP contribution in [-0.4, -0.2) is 39.4 Å². The van der Waals surface area contributed by atoms with E-state index in [2.05, 4.69) is 78.0 Å². The van der Waals surface area contributed by atoms with E-state index in [-0.39, 0.29) is 5.97 Å². The van der Waals surface area contributed by atoms with Gasteiger partial charge in [0.15, 0.2) is 0 Å². The van der Waals surface area contributed by atoms with Crippen LogP contribution in [-0.2, 0) is 27.2 Å². The number of benzene rings is 2. The fraction of sp³-hybridized carbons (Fsp3) is 0.355. The summed E-state index contributed by atoms with van der Waals surface area (Å²) >= 11 is 0. The predicted molar refractivity (Wildman–Crippen MR) is 151 cm³/mol. The maximum atomic E-state index is 12.0. The van der Waals surface area contributed by atoms with Gasteiger partial charge in [0.05, 0.1) is 31.2 Å². The van der Waals surface area contributed by atoms with Gasteiger partial charge in [-0.25, -0.2) is 4.98 Å². The van der Waals surface area contributed by atoms with Gasteiger partial charge in [0.1, 0.15) is 0 Å². The van der Waals surface area contributed by atoms with Crippen LogP contribution < -0.4 is 5.73 Å². The number of ether oxygens (including phenoxy) is 2. The number of nitrogens with zero attached hydrogens (tertiary/aromatic N) is 3. The first-order chi connectivity index (χ1) is 18.5. The third kappa shape index (κ3) is 6.79. The molecule has 0 spiro atoms. The molecule has 4 aromatic rings. The second kappa shape index (κ2) is 13.2. The Balaban J connectivity index is 0.000000494. The lowest BCUT2D eigenvalue weighted by Crippen LogP contribution is -2.09. The molecule has 0 saturated carbocycles. The summed E-state index contributed by atoms with van der Waals surface area (Å²) in [6.07, 6.45) is 9.50. The van der Waals surface area contributed by atoms with Gasteiger partial charge in [-0.1, -0.05) is 24.3 Å². The first-order valence-corrected chi connectivity index (χ1v) is 13.4. The molecule has 1 aliphatic heterocycles. The molecule has 1 atom stereocenters. The van der Waals surface area contributed by atoms with Crippen molar-refractivity contribution < 1.29 is 14.3 Å². The Kier molecular flexibility index (Phi) is 9.51. The molecule has 2 aromatic carbocycles. The van der Waals surface area contributed by atoms with E-state index in [0.29, 0.717) is 32.1 Å². The third-order valence-electron chi connectivity index (χ3n) is 6.71. The molecule has 0 amide bonds. The molecule has 0 radical (unpaired) electrons. The summed E-state index contributed by atoms with van der Waals surface area (Å²) in [5.41, 5.74) is 13.4. The molecule has 2 aromatic heterocycles. The van der Waals surface area contributed by atoms with E-state index in [0.717, 1.165) is 46.1 Å². The molecule has 1 aliphatic rings. The summed E-state index contributed by atoms with van der Waals surface area (Å²) in [6.45, 7) is 7.93. The summed E-state index contributed by atoms with van der Waals surface area (Å²) < 4.78 is 14.5. The van der Waals surface area contributed by atoms with E-state index in [1.54, 1.807) is 12.5 Å². The number of aromatic nitrogens is 3. The smallest absolute Gasteiger partial charge is 0.306 e. The van der Waals surface area contributed by atoms with E-state index in [9.17, 15) is 4.79 Å². The van der Waals surface area contributed by atoms with Crippen molar-refractivity contribution in [2.75, 3.05) is 13.2 Å². The standard InChI is InChI=1S/C26H28N4O2.C5H10O/c1-3-32-26(31)13-10-23-9-12-25(30(23)24-11-4-20(17-27)16-19(24)2)21-5-7-22(8-6-21)29-15-14-28-18-29;1-5-3-2-4-6-5/h4-9,11-12,14-16,18H,3,10,13,17,27H2,1-2H3;5H,2-4H2,1H3. The summed E-state index contributed by atoms with van der Waals surface area (Å²) in [5, 5.41) is 0. The molecule has 2 N–H and O–H groups in total. The molecule has 0 aliphatic carbocycles. The van der Waals surface area contributed by atoms with Gasteiger partial charge >= 0.3 is 5.97 Å². The molecule has 1 unspecified atom stereocenters. The van der Waals surface area contributed by atoms with Gasteiger partial charge in [-0.15, -0.1) is 0 Å². The number of hydrogen-bond donors (Lipinski definition) is 1. The highest BCUT2D eigenvalue weighted by atomic mass is 16.5. The quantitative estimate of drug-likeness (QED) is 0.302. The lowest BCUT2D eigenvalue weighted by molar-refractivity contribution is -0.143. The van der Waals surface area contributed by atoms with E-state index in [4.69, 9.17) is 15.2 Å². The van der Waals surface area contributed by atoms with Gasteiger partial charge in [0, 0.05) is 42.6 Å². The maximum absolute atomic E-state index is 12.0. The van der Waals surface area contributed by atoms with Crippen molar-refractivity contribution in [2.45, 2.75) is 59.1 Å². The Morgan fingerprint density at radius 3 is 2.55 bits per heavy atom. The summed E-state index contributed by atoms with van der Waals surface area (Å²) in [7, 11) is 0. The van der Waals surface area contributed by atoms with Crippen LogP contribution in [0.25, 0.3) is 22.6 Å². The van der Waals surface area contributed by atoms with Crippen LogP contribution in [0.2, 0.25) is 0 Å². The molecule has 1 fully saturated rings. The number of imidazole rings is 1. The molecule has 200 valence electrons. The fourth-order valence-corrected chi connectivity index (χ4v) is 4.70. The largest absolute Gasteiger partial charge is 0.466 e. The lowest BCUT2D eigenvalue weighted by Gasteiger charge is -2.17. The Labute approximate surface area is 225 Å². The second-order valence-electron chi connectivity index (χ2n) is 9.52. The normalized spacial score (nSPS) is 14.7. The van der Waals surface area contributed by atoms with E-state index in [1.165, 1.54) is 12.8 Å². The van der Waals surface area contributed by atoms with Gasteiger partial charge in [0.2, 0.25) is 0 Å². The molecule has 1 saturated heterocycles. The lowest BCUT2D eigenvalue weighted by atomic mass is 10.1. The second-order valence-corrected chi connectivity index (χ2v) is 9.52. The first kappa shape index (κ1) is 27.4. The predicted octanol–water partition coefficient (Wildman–Crippen LogP) is 5.78. The average Bonchev–Trinajstić information content (AvgIpc) is 3.71. The van der Waals surface area contributed by atoms with E-state index >= 15 is 0 Å². The number of rotatable bonds is 8. The highest BCUT2D eigenvalue weighted by Crippen LogP contribution is 2.30. The Morgan fingerprint density at radius 2 is 1.97 bits per heavy atom. The minimum absolute atomic E-state index is 0.179. The van der Waals surface area contributed by atoms with Crippen molar-refractivity contribution in [1.82, 2.24) is 14.1 Å². The summed E-state index contributed by atoms with van der Waals surface area (Å²) in [5.74, 6) is -0.179. The highest BCUT2D eigenvalue weighted by molar-refractivity contribution is 5.70. The SMILES string of the molecule is CC1CCCO1.CCOC(=O)CCc1ccc(-c2ccc(-n3ccnc3)cc2)n1-c1ccc(CN)cc1C. The van der Waals surface area contributed by atoms with Gasteiger partial charge in [0.25, 0.3) is 0 Å². The number of nitrogens with two attached hydrogens (primary N) is 1. The Bertz CT molecular complexity index is 1300. The zero-order valence-corrected chi connectivity index (χ0v) is 22.6. The number of carbonyl (C=O) groups excluding carboxylic acids is 1. The van der Waals surface area contributed by atoms with E-state index in [1.807, 2.05) is 17.7 Å². The molecule has 7 heteroatoms. The van der Waals surface area contributed by atoms with Crippen LogP contribution in [0.5, 0.6) is 0 Å². The topological polar surface area (TPSA) is 84.3 Å². The van der Waals surface area contributed by atoms with Crippen molar-refractivity contribution in [3.63, 3.8) is 0 Å². The molecule has 0 bridgehead atoms. The third-order valence-corrected chi connectivity index (χ3v) is 6.71. The molecule has 38 heavy (non-hydrogen) atoms. The summed E-state index contributed by atoms with van der Waals surface area (Å²) in [6, 6.07) is 18.9. The molecular weight excluding hydrogens is 476 g/mol. The van der Waals surface area contributed by atoms with Gasteiger partial charge in [-0.3, -0.25) is 4.79 Å². The van der Waals surface area contributed by atoms with Crippen LogP contribution >= 0.6 is 0 Å². The van der Waals surface area contributed by atoms with Crippen molar-refractivity contribution in [3.8, 4) is 22.6 Å². The zero-order valence-electron chi connectivity index (χ0n) is 22.6. The van der Waals surface area contributed by atoms with Crippen molar-refractivity contribution in [3.05, 3.63) is 90.1 Å². The van der Waals surface area contributed by atoms with Crippen LogP contribution in [0, 0.1) is 6.92 Å². The van der Waals surface area contributed by atoms with E-state index < -0.39 is 0 Å². The van der Waals surface area contributed by atoms with Crippen molar-refractivity contribution >= 4 is 5.97 Å². The number of aryl methyl sites for hydroxylation is 2. The van der Waals surface area contributed by atoms with Gasteiger partial charge in [-0.2, -0.15) is 0 Å². The maximum Gasteiger partial charge on any atom is 0.306 e. The molecule has 5 rings (SSSR count). The molecule has 3 heterocycles. The molecular formula is C31H38N4O3. The fourth-order valence-electron chi connectivity index (χ4n) is 4.70. The minimum Gasteiger partial charge on any atom is -0.466 e. The number of esters is 1. The minimum atomic E-state index is -0.179. The zero-order chi connectivity index (χ0) is 26.9. The van der Waals surface area contributed by atoms with Crippen molar-refractivity contribution in [1.29, 1.82) is 0 Å². The Hall–Kier alpha value is -3.68. The first-order valence-electron chi connectivity index (χ1n) is 13.4. The highest BCUT2D eigenvalue weighted by Gasteiger charge is 2.16. The number of hydrogen-bond acceptors (Lipinski definition) is 5. The van der Waals surface area contributed by atoms with Crippen LogP contribution in [0.1, 0.15) is 49.9 Å². The molecule has 7 nitrogen and oxygen atoms in total. The van der Waals surface area contributed by atoms with Crippen LogP contribution in [0.15, 0.2) is 73.3 Å². The van der Waals surface area contributed by atoms with Crippen LogP contribution in [0.4, 0.5) is 0 Å². The summed E-state index contributed by atoms with van der Waals surface area (Å²) in [4.78, 5) is 16.1. The van der Waals surface area contributed by atoms with Gasteiger partial charge in [-0.05, 0) is 87.1 Å². The average molecular weight is 515 g/mol.